The van der Waals surface area contributed by atoms with Gasteiger partial charge in [0.1, 0.15) is 6.04 Å². The minimum atomic E-state index is -0.491. The number of benzene rings is 1. The predicted molar refractivity (Wildman–Crippen MR) is 140 cm³/mol. The van der Waals surface area contributed by atoms with Gasteiger partial charge in [0, 0.05) is 57.4 Å². The molecule has 1 aromatic heterocycles. The smallest absolute Gasteiger partial charge is 0.269 e. The molecule has 2 fully saturated rings. The number of carbonyl (C=O) groups excluding carboxylic acids is 2. The third kappa shape index (κ3) is 6.29. The third-order valence-electron chi connectivity index (χ3n) is 6.86. The Morgan fingerprint density at radius 2 is 1.97 bits per heavy atom. The van der Waals surface area contributed by atoms with Crippen LogP contribution in [-0.2, 0) is 11.3 Å². The van der Waals surface area contributed by atoms with Crippen molar-refractivity contribution in [3.05, 3.63) is 62.3 Å². The van der Waals surface area contributed by atoms with Gasteiger partial charge in [0.05, 0.1) is 9.80 Å². The molecule has 0 spiro atoms. The van der Waals surface area contributed by atoms with Crippen molar-refractivity contribution in [2.45, 2.75) is 45.3 Å². The lowest BCUT2D eigenvalue weighted by Crippen LogP contribution is -2.48. The van der Waals surface area contributed by atoms with E-state index in [1.165, 1.54) is 23.5 Å². The topological polar surface area (TPSA) is 99.0 Å². The van der Waals surface area contributed by atoms with Crippen molar-refractivity contribution in [2.75, 3.05) is 39.3 Å². The summed E-state index contributed by atoms with van der Waals surface area (Å²) in [4.78, 5) is 44.5. The van der Waals surface area contributed by atoms with E-state index in [0.29, 0.717) is 43.4 Å². The van der Waals surface area contributed by atoms with Gasteiger partial charge in [-0.2, -0.15) is 0 Å². The van der Waals surface area contributed by atoms with E-state index in [1.807, 2.05) is 22.4 Å². The Balaban J connectivity index is 1.57. The van der Waals surface area contributed by atoms with Crippen molar-refractivity contribution in [1.29, 1.82) is 0 Å². The van der Waals surface area contributed by atoms with Crippen LogP contribution in [0.3, 0.4) is 0 Å². The molecule has 10 heteroatoms. The van der Waals surface area contributed by atoms with Gasteiger partial charge in [-0.15, -0.1) is 11.3 Å². The van der Waals surface area contributed by atoms with Gasteiger partial charge in [0.25, 0.3) is 11.6 Å². The van der Waals surface area contributed by atoms with Gasteiger partial charge in [-0.25, -0.2) is 0 Å². The molecular weight excluding hydrogens is 478 g/mol. The molecule has 2 aliphatic heterocycles. The Morgan fingerprint density at radius 1 is 1.19 bits per heavy atom. The van der Waals surface area contributed by atoms with Crippen molar-refractivity contribution in [1.82, 2.24) is 20.0 Å². The van der Waals surface area contributed by atoms with Crippen LogP contribution in [0, 0.1) is 16.0 Å². The maximum Gasteiger partial charge on any atom is 0.269 e. The first-order valence-corrected chi connectivity index (χ1v) is 13.5. The highest BCUT2D eigenvalue weighted by Crippen LogP contribution is 2.29. The van der Waals surface area contributed by atoms with E-state index in [2.05, 4.69) is 24.1 Å². The standard InChI is InChI=1S/C26H35N5O4S/c1-19(2)16-29(17-20-6-8-21(9-7-20)31(34)35)22-15-23(25(32)28-12-4-10-27-11-13-28)30(18-22)26(33)24-5-3-14-36-24/h3,5-9,14,19,22-23,27H,4,10-13,15-18H2,1-2H3. The van der Waals surface area contributed by atoms with Crippen molar-refractivity contribution >= 4 is 28.8 Å². The second-order valence-electron chi connectivity index (χ2n) is 10.0. The Morgan fingerprint density at radius 3 is 2.64 bits per heavy atom. The van der Waals surface area contributed by atoms with Crippen molar-refractivity contribution in [3.8, 4) is 0 Å². The molecule has 2 atom stereocenters. The first kappa shape index (κ1) is 26.2. The molecule has 0 radical (unpaired) electrons. The van der Waals surface area contributed by atoms with Gasteiger partial charge in [-0.05, 0) is 42.3 Å². The largest absolute Gasteiger partial charge is 0.340 e. The van der Waals surface area contributed by atoms with E-state index >= 15 is 0 Å². The average molecular weight is 514 g/mol. The Hall–Kier alpha value is -2.82. The summed E-state index contributed by atoms with van der Waals surface area (Å²) in [6, 6.07) is 9.86. The molecule has 2 saturated heterocycles. The molecule has 2 aliphatic rings. The Bertz CT molecular complexity index is 1040. The molecule has 1 aromatic carbocycles. The quantitative estimate of drug-likeness (QED) is 0.430. The molecule has 0 aliphatic carbocycles. The number of nitrogens with zero attached hydrogens (tertiary/aromatic N) is 4. The maximum atomic E-state index is 13.7. The second kappa shape index (κ2) is 11.9. The zero-order chi connectivity index (χ0) is 25.7. The fourth-order valence-electron chi connectivity index (χ4n) is 5.12. The van der Waals surface area contributed by atoms with E-state index < -0.39 is 11.0 Å². The van der Waals surface area contributed by atoms with E-state index in [4.69, 9.17) is 0 Å². The van der Waals surface area contributed by atoms with Crippen LogP contribution in [0.15, 0.2) is 41.8 Å². The molecule has 9 nitrogen and oxygen atoms in total. The van der Waals surface area contributed by atoms with Gasteiger partial charge in [-0.3, -0.25) is 24.6 Å². The van der Waals surface area contributed by atoms with E-state index in [0.717, 1.165) is 31.6 Å². The summed E-state index contributed by atoms with van der Waals surface area (Å²) in [7, 11) is 0. The van der Waals surface area contributed by atoms with E-state index in [-0.39, 0.29) is 23.5 Å². The summed E-state index contributed by atoms with van der Waals surface area (Å²) in [5.74, 6) is 0.334. The highest BCUT2D eigenvalue weighted by Gasteiger charge is 2.43. The lowest BCUT2D eigenvalue weighted by molar-refractivity contribution is -0.384. The third-order valence-corrected chi connectivity index (χ3v) is 7.72. The minimum absolute atomic E-state index is 0.0190. The lowest BCUT2D eigenvalue weighted by Gasteiger charge is -2.30. The zero-order valence-electron chi connectivity index (χ0n) is 21.0. The number of rotatable bonds is 8. The number of hydrogen-bond acceptors (Lipinski definition) is 7. The number of nitro benzene ring substituents is 1. The molecule has 2 amide bonds. The van der Waals surface area contributed by atoms with Gasteiger partial charge in [0.2, 0.25) is 5.91 Å². The van der Waals surface area contributed by atoms with Crippen LogP contribution in [0.1, 0.15) is 41.9 Å². The van der Waals surface area contributed by atoms with Gasteiger partial charge in [0.15, 0.2) is 0 Å². The van der Waals surface area contributed by atoms with Crippen LogP contribution in [0.25, 0.3) is 0 Å². The SMILES string of the molecule is CC(C)CN(Cc1ccc([N+](=O)[O-])cc1)C1CC(C(=O)N2CCCNCC2)N(C(=O)c2cccs2)C1. The first-order valence-electron chi connectivity index (χ1n) is 12.6. The minimum Gasteiger partial charge on any atom is -0.340 e. The van der Waals surface area contributed by atoms with Crippen LogP contribution in [-0.4, -0.2) is 82.8 Å². The number of amides is 2. The summed E-state index contributed by atoms with van der Waals surface area (Å²) in [6.45, 7) is 9.21. The van der Waals surface area contributed by atoms with Crippen LogP contribution in [0.5, 0.6) is 0 Å². The summed E-state index contributed by atoms with van der Waals surface area (Å²) in [5, 5.41) is 16.3. The highest BCUT2D eigenvalue weighted by atomic mass is 32.1. The number of nitro groups is 1. The van der Waals surface area contributed by atoms with E-state index in [9.17, 15) is 19.7 Å². The van der Waals surface area contributed by atoms with Gasteiger partial charge >= 0.3 is 0 Å². The number of hydrogen-bond donors (Lipinski definition) is 1. The fraction of sp³-hybridized carbons (Fsp3) is 0.538. The maximum absolute atomic E-state index is 13.7. The monoisotopic (exact) mass is 513 g/mol. The fourth-order valence-corrected chi connectivity index (χ4v) is 5.80. The molecule has 0 saturated carbocycles. The second-order valence-corrected chi connectivity index (χ2v) is 11.0. The van der Waals surface area contributed by atoms with Crippen molar-refractivity contribution in [3.63, 3.8) is 0 Å². The zero-order valence-corrected chi connectivity index (χ0v) is 21.8. The number of nitrogens with one attached hydrogen (secondary N) is 1. The molecule has 3 heterocycles. The molecule has 36 heavy (non-hydrogen) atoms. The van der Waals surface area contributed by atoms with Gasteiger partial charge < -0.3 is 15.1 Å². The Kier molecular flexibility index (Phi) is 8.71. The lowest BCUT2D eigenvalue weighted by atomic mass is 10.1. The predicted octanol–water partition coefficient (Wildman–Crippen LogP) is 3.22. The van der Waals surface area contributed by atoms with Crippen LogP contribution in [0.4, 0.5) is 5.69 Å². The molecule has 2 aromatic rings. The van der Waals surface area contributed by atoms with Crippen LogP contribution < -0.4 is 5.32 Å². The van der Waals surface area contributed by atoms with E-state index in [1.54, 1.807) is 17.0 Å². The summed E-state index contributed by atoms with van der Waals surface area (Å²) >= 11 is 1.40. The average Bonchev–Trinajstić information content (AvgIpc) is 3.48. The van der Waals surface area contributed by atoms with Gasteiger partial charge in [-0.1, -0.05) is 32.0 Å². The summed E-state index contributed by atoms with van der Waals surface area (Å²) in [6.07, 6.45) is 1.49. The molecule has 0 bridgehead atoms. The highest BCUT2D eigenvalue weighted by molar-refractivity contribution is 7.12. The summed E-state index contributed by atoms with van der Waals surface area (Å²) < 4.78 is 0. The molecule has 1 N–H and O–H groups in total. The number of non-ortho nitro benzene ring substituents is 1. The molecular formula is C26H35N5O4S. The van der Waals surface area contributed by atoms with Crippen LogP contribution in [0.2, 0.25) is 0 Å². The van der Waals surface area contributed by atoms with Crippen LogP contribution >= 0.6 is 11.3 Å². The number of thiophene rings is 1. The molecule has 2 unspecified atom stereocenters. The first-order chi connectivity index (χ1) is 17.3. The Labute approximate surface area is 216 Å². The normalized spacial score (nSPS) is 20.7. The molecule has 194 valence electrons. The summed E-state index contributed by atoms with van der Waals surface area (Å²) in [5.41, 5.74) is 1.05. The number of likely N-dealkylation sites (tertiary alicyclic amines) is 1. The molecule has 4 rings (SSSR count). The van der Waals surface area contributed by atoms with Crippen molar-refractivity contribution in [2.24, 2.45) is 5.92 Å². The van der Waals surface area contributed by atoms with Crippen molar-refractivity contribution < 1.29 is 14.5 Å². The number of carbonyl (C=O) groups is 2.